The highest BCUT2D eigenvalue weighted by Gasteiger charge is 2.03. The Kier molecular flexibility index (Phi) is 5.80. The van der Waals surface area contributed by atoms with E-state index in [4.69, 9.17) is 21.1 Å². The Balaban J connectivity index is 1.69. The maximum atomic E-state index is 11.5. The fourth-order valence-electron chi connectivity index (χ4n) is 1.66. The molecule has 0 aromatic heterocycles. The number of nitrogens with one attached hydrogen (secondary N) is 1. The smallest absolute Gasteiger partial charge is 0.411 e. The number of hydrogen-bond donors (Lipinski definition) is 1. The number of rotatable bonds is 6. The molecule has 0 atom stereocenters. The molecule has 2 aromatic carbocycles. The maximum Gasteiger partial charge on any atom is 0.411 e. The molecule has 0 heterocycles. The summed E-state index contributed by atoms with van der Waals surface area (Å²) in [7, 11) is 0. The van der Waals surface area contributed by atoms with E-state index in [1.165, 1.54) is 0 Å². The monoisotopic (exact) mass is 319 g/mol. The fourth-order valence-corrected chi connectivity index (χ4v) is 1.85. The van der Waals surface area contributed by atoms with Gasteiger partial charge in [-0.05, 0) is 42.5 Å². The van der Waals surface area contributed by atoms with E-state index in [0.717, 1.165) is 6.29 Å². The van der Waals surface area contributed by atoms with E-state index in [-0.39, 0.29) is 13.2 Å². The Morgan fingerprint density at radius 2 is 1.91 bits per heavy atom. The summed E-state index contributed by atoms with van der Waals surface area (Å²) in [6, 6.07) is 13.4. The molecule has 1 N–H and O–H groups in total. The molecule has 0 fully saturated rings. The zero-order valence-electron chi connectivity index (χ0n) is 11.6. The number of ether oxygens (including phenoxy) is 2. The van der Waals surface area contributed by atoms with Crippen molar-refractivity contribution in [2.75, 3.05) is 18.5 Å². The molecule has 0 aliphatic rings. The zero-order valence-corrected chi connectivity index (χ0v) is 12.4. The number of benzene rings is 2. The third kappa shape index (κ3) is 5.10. The highest BCUT2D eigenvalue weighted by atomic mass is 35.5. The molecule has 0 radical (unpaired) electrons. The van der Waals surface area contributed by atoms with Crippen LogP contribution < -0.4 is 10.1 Å². The molecule has 0 aliphatic carbocycles. The molecule has 0 saturated heterocycles. The number of hydrogen-bond acceptors (Lipinski definition) is 4. The molecule has 0 aliphatic heterocycles. The minimum absolute atomic E-state index is 0.0990. The Hall–Kier alpha value is -2.53. The van der Waals surface area contributed by atoms with Gasteiger partial charge in [-0.1, -0.05) is 17.7 Å². The average molecular weight is 320 g/mol. The summed E-state index contributed by atoms with van der Waals surface area (Å²) in [4.78, 5) is 22.1. The topological polar surface area (TPSA) is 64.6 Å². The Labute approximate surface area is 132 Å². The SMILES string of the molecule is O=Cc1ccc(OCCOC(=O)Nc2cccc(Cl)c2)cc1. The number of anilines is 1. The van der Waals surface area contributed by atoms with Crippen molar-refractivity contribution in [1.82, 2.24) is 0 Å². The minimum Gasteiger partial charge on any atom is -0.490 e. The first-order valence-electron chi connectivity index (χ1n) is 6.55. The molecule has 1 amide bonds. The van der Waals surface area contributed by atoms with Crippen LogP contribution in [0.4, 0.5) is 10.5 Å². The molecule has 114 valence electrons. The van der Waals surface area contributed by atoms with Crippen molar-refractivity contribution >= 4 is 29.7 Å². The lowest BCUT2D eigenvalue weighted by Gasteiger charge is -2.08. The summed E-state index contributed by atoms with van der Waals surface area (Å²) in [5.41, 5.74) is 1.13. The molecule has 0 spiro atoms. The van der Waals surface area contributed by atoms with Crippen molar-refractivity contribution in [3.63, 3.8) is 0 Å². The van der Waals surface area contributed by atoms with Crippen LogP contribution in [0.1, 0.15) is 10.4 Å². The summed E-state index contributed by atoms with van der Waals surface area (Å²) in [6.45, 7) is 0.311. The van der Waals surface area contributed by atoms with Crippen molar-refractivity contribution in [3.05, 3.63) is 59.1 Å². The van der Waals surface area contributed by atoms with Gasteiger partial charge in [0.15, 0.2) is 0 Å². The van der Waals surface area contributed by atoms with Gasteiger partial charge in [-0.2, -0.15) is 0 Å². The highest BCUT2D eigenvalue weighted by Crippen LogP contribution is 2.15. The van der Waals surface area contributed by atoms with Gasteiger partial charge in [-0.3, -0.25) is 10.1 Å². The standard InChI is InChI=1S/C16H14ClNO4/c17-13-2-1-3-14(10-13)18-16(20)22-9-8-21-15-6-4-12(11-19)5-7-15/h1-7,10-11H,8-9H2,(H,18,20). The fraction of sp³-hybridized carbons (Fsp3) is 0.125. The molecule has 2 aromatic rings. The molecule has 6 heteroatoms. The predicted molar refractivity (Wildman–Crippen MR) is 83.7 cm³/mol. The third-order valence-electron chi connectivity index (χ3n) is 2.67. The normalized spacial score (nSPS) is 9.86. The van der Waals surface area contributed by atoms with Crippen molar-refractivity contribution in [3.8, 4) is 5.75 Å². The zero-order chi connectivity index (χ0) is 15.8. The first-order valence-corrected chi connectivity index (χ1v) is 6.92. The van der Waals surface area contributed by atoms with Gasteiger partial charge in [-0.15, -0.1) is 0 Å². The molecular formula is C16H14ClNO4. The number of aldehydes is 1. The van der Waals surface area contributed by atoms with Crippen LogP contribution in [-0.2, 0) is 4.74 Å². The average Bonchev–Trinajstić information content (AvgIpc) is 2.52. The van der Waals surface area contributed by atoms with E-state index in [1.807, 2.05) is 0 Å². The van der Waals surface area contributed by atoms with E-state index >= 15 is 0 Å². The van der Waals surface area contributed by atoms with Crippen LogP contribution in [-0.4, -0.2) is 25.6 Å². The second-order valence-corrected chi connectivity index (χ2v) is 4.74. The van der Waals surface area contributed by atoms with E-state index < -0.39 is 6.09 Å². The van der Waals surface area contributed by atoms with Gasteiger partial charge in [0.1, 0.15) is 25.2 Å². The number of carbonyl (C=O) groups excluding carboxylic acids is 2. The van der Waals surface area contributed by atoms with Crippen LogP contribution in [0.15, 0.2) is 48.5 Å². The summed E-state index contributed by atoms with van der Waals surface area (Å²) in [6.07, 6.45) is 0.176. The maximum absolute atomic E-state index is 11.5. The van der Waals surface area contributed by atoms with E-state index in [0.29, 0.717) is 22.0 Å². The van der Waals surface area contributed by atoms with Gasteiger partial charge in [0.2, 0.25) is 0 Å². The first-order chi connectivity index (χ1) is 10.7. The van der Waals surface area contributed by atoms with Crippen molar-refractivity contribution in [2.24, 2.45) is 0 Å². The summed E-state index contributed by atoms with van der Waals surface area (Å²) in [5.74, 6) is 0.601. The summed E-state index contributed by atoms with van der Waals surface area (Å²) in [5, 5.41) is 3.08. The molecule has 2 rings (SSSR count). The van der Waals surface area contributed by atoms with Gasteiger partial charge in [0.05, 0.1) is 0 Å². The molecular weight excluding hydrogens is 306 g/mol. The van der Waals surface area contributed by atoms with Crippen LogP contribution in [0.2, 0.25) is 5.02 Å². The molecule has 0 saturated carbocycles. The largest absolute Gasteiger partial charge is 0.490 e. The van der Waals surface area contributed by atoms with Crippen LogP contribution in [0.5, 0.6) is 5.75 Å². The van der Waals surface area contributed by atoms with Crippen LogP contribution in [0.25, 0.3) is 0 Å². The first kappa shape index (κ1) is 15.9. The Morgan fingerprint density at radius 1 is 1.14 bits per heavy atom. The van der Waals surface area contributed by atoms with Gasteiger partial charge in [0.25, 0.3) is 0 Å². The van der Waals surface area contributed by atoms with Crippen LogP contribution in [0.3, 0.4) is 0 Å². The lowest BCUT2D eigenvalue weighted by molar-refractivity contribution is 0.112. The minimum atomic E-state index is -0.581. The van der Waals surface area contributed by atoms with E-state index in [1.54, 1.807) is 48.5 Å². The number of carbonyl (C=O) groups is 2. The second kappa shape index (κ2) is 8.05. The highest BCUT2D eigenvalue weighted by molar-refractivity contribution is 6.30. The van der Waals surface area contributed by atoms with Crippen LogP contribution in [0, 0.1) is 0 Å². The molecule has 0 unspecified atom stereocenters. The van der Waals surface area contributed by atoms with Gasteiger partial charge in [-0.25, -0.2) is 4.79 Å². The second-order valence-electron chi connectivity index (χ2n) is 4.31. The number of halogens is 1. The van der Waals surface area contributed by atoms with Crippen molar-refractivity contribution < 1.29 is 19.1 Å². The summed E-state index contributed by atoms with van der Waals surface area (Å²) < 4.78 is 10.4. The Bertz CT molecular complexity index is 643. The summed E-state index contributed by atoms with van der Waals surface area (Å²) >= 11 is 5.81. The van der Waals surface area contributed by atoms with E-state index in [2.05, 4.69) is 5.32 Å². The van der Waals surface area contributed by atoms with Gasteiger partial charge >= 0.3 is 6.09 Å². The molecule has 5 nitrogen and oxygen atoms in total. The lowest BCUT2D eigenvalue weighted by atomic mass is 10.2. The Morgan fingerprint density at radius 3 is 2.59 bits per heavy atom. The number of amides is 1. The lowest BCUT2D eigenvalue weighted by Crippen LogP contribution is -2.17. The van der Waals surface area contributed by atoms with E-state index in [9.17, 15) is 9.59 Å². The molecule has 22 heavy (non-hydrogen) atoms. The van der Waals surface area contributed by atoms with Crippen molar-refractivity contribution in [1.29, 1.82) is 0 Å². The molecule has 0 bridgehead atoms. The quantitative estimate of drug-likeness (QED) is 0.650. The third-order valence-corrected chi connectivity index (χ3v) is 2.91. The van der Waals surface area contributed by atoms with Gasteiger partial charge in [0, 0.05) is 16.3 Å². The van der Waals surface area contributed by atoms with Crippen LogP contribution >= 0.6 is 11.6 Å². The van der Waals surface area contributed by atoms with Gasteiger partial charge < -0.3 is 9.47 Å². The predicted octanol–water partition coefficient (Wildman–Crippen LogP) is 3.78. The van der Waals surface area contributed by atoms with Crippen molar-refractivity contribution in [2.45, 2.75) is 0 Å².